The van der Waals surface area contributed by atoms with E-state index in [1.54, 1.807) is 31.4 Å². The maximum absolute atomic E-state index is 12.2. The number of amides is 1. The molecule has 0 unspecified atom stereocenters. The van der Waals surface area contributed by atoms with Gasteiger partial charge in [-0.05, 0) is 41.5 Å². The molecule has 0 aliphatic rings. The molecule has 2 aromatic rings. The minimum atomic E-state index is -0.465. The molecule has 6 nitrogen and oxygen atoms in total. The summed E-state index contributed by atoms with van der Waals surface area (Å²) in [6.07, 6.45) is 4.73. The molecular weight excluding hydrogens is 344 g/mol. The van der Waals surface area contributed by atoms with Crippen molar-refractivity contribution < 1.29 is 19.4 Å². The lowest BCUT2D eigenvalue weighted by atomic mass is 10.1. The van der Waals surface area contributed by atoms with E-state index in [0.717, 1.165) is 11.1 Å². The van der Waals surface area contributed by atoms with Gasteiger partial charge in [0.05, 0.1) is 14.2 Å². The summed E-state index contributed by atoms with van der Waals surface area (Å²) in [5.41, 5.74) is 1.61. The van der Waals surface area contributed by atoms with Gasteiger partial charge in [-0.1, -0.05) is 30.4 Å². The molecule has 2 rings (SSSR count). The van der Waals surface area contributed by atoms with Crippen molar-refractivity contribution in [3.63, 3.8) is 0 Å². The van der Waals surface area contributed by atoms with Crippen LogP contribution < -0.4 is 14.8 Å². The SMILES string of the molecule is COc1cccc(CNC(=O)/C(C#N)=C/C=C/c2ccc(O)c(OC)c2)c1. The van der Waals surface area contributed by atoms with Crippen molar-refractivity contribution in [2.45, 2.75) is 6.54 Å². The Kier molecular flexibility index (Phi) is 7.03. The zero-order chi connectivity index (χ0) is 19.6. The van der Waals surface area contributed by atoms with Crippen molar-refractivity contribution in [3.8, 4) is 23.3 Å². The predicted molar refractivity (Wildman–Crippen MR) is 102 cm³/mol. The summed E-state index contributed by atoms with van der Waals surface area (Å²) in [5, 5.41) is 21.5. The van der Waals surface area contributed by atoms with Gasteiger partial charge in [-0.3, -0.25) is 4.79 Å². The highest BCUT2D eigenvalue weighted by molar-refractivity contribution is 5.97. The molecule has 0 radical (unpaired) electrons. The number of aromatic hydroxyl groups is 1. The molecule has 2 aromatic carbocycles. The second kappa shape index (κ2) is 9.68. The summed E-state index contributed by atoms with van der Waals surface area (Å²) in [7, 11) is 3.03. The average Bonchev–Trinajstić information content (AvgIpc) is 2.70. The van der Waals surface area contributed by atoms with E-state index in [-0.39, 0.29) is 17.9 Å². The summed E-state index contributed by atoms with van der Waals surface area (Å²) < 4.78 is 10.2. The molecule has 0 atom stereocenters. The standard InChI is InChI=1S/C21H20N2O4/c1-26-18-8-4-6-16(11-18)14-23-21(25)17(13-22)7-3-5-15-9-10-19(24)20(12-15)27-2/h3-12,24H,14H2,1-2H3,(H,23,25)/b5-3+,17-7+. The van der Waals surface area contributed by atoms with Gasteiger partial charge in [-0.2, -0.15) is 5.26 Å². The van der Waals surface area contributed by atoms with Crippen molar-refractivity contribution in [3.05, 3.63) is 71.3 Å². The van der Waals surface area contributed by atoms with Crippen LogP contribution in [-0.2, 0) is 11.3 Å². The number of allylic oxidation sites excluding steroid dienone is 2. The van der Waals surface area contributed by atoms with E-state index in [1.165, 1.54) is 19.3 Å². The number of ether oxygens (including phenoxy) is 2. The number of carbonyl (C=O) groups excluding carboxylic acids is 1. The van der Waals surface area contributed by atoms with Gasteiger partial charge in [0.2, 0.25) is 0 Å². The number of benzene rings is 2. The molecule has 27 heavy (non-hydrogen) atoms. The van der Waals surface area contributed by atoms with E-state index in [9.17, 15) is 15.2 Å². The monoisotopic (exact) mass is 364 g/mol. The van der Waals surface area contributed by atoms with Gasteiger partial charge in [0.25, 0.3) is 5.91 Å². The van der Waals surface area contributed by atoms with Crippen LogP contribution in [0.2, 0.25) is 0 Å². The van der Waals surface area contributed by atoms with Crippen LogP contribution in [0.15, 0.2) is 60.2 Å². The Hall–Kier alpha value is -3.72. The molecule has 6 heteroatoms. The van der Waals surface area contributed by atoms with Crippen molar-refractivity contribution in [1.82, 2.24) is 5.32 Å². The highest BCUT2D eigenvalue weighted by Crippen LogP contribution is 2.26. The zero-order valence-electron chi connectivity index (χ0n) is 15.1. The Labute approximate surface area is 158 Å². The number of rotatable bonds is 7. The second-order valence-electron chi connectivity index (χ2n) is 5.52. The van der Waals surface area contributed by atoms with Crippen LogP contribution in [0, 0.1) is 11.3 Å². The smallest absolute Gasteiger partial charge is 0.262 e. The zero-order valence-corrected chi connectivity index (χ0v) is 15.1. The number of phenols is 1. The third-order valence-corrected chi connectivity index (χ3v) is 3.71. The van der Waals surface area contributed by atoms with Gasteiger partial charge in [0, 0.05) is 6.54 Å². The van der Waals surface area contributed by atoms with E-state index in [4.69, 9.17) is 9.47 Å². The Balaban J connectivity index is 2.02. The fourth-order valence-electron chi connectivity index (χ4n) is 2.28. The molecule has 0 saturated carbocycles. The van der Waals surface area contributed by atoms with Gasteiger partial charge in [0.1, 0.15) is 17.4 Å². The van der Waals surface area contributed by atoms with E-state index < -0.39 is 5.91 Å². The first-order chi connectivity index (χ1) is 13.1. The van der Waals surface area contributed by atoms with E-state index in [0.29, 0.717) is 11.5 Å². The first-order valence-electron chi connectivity index (χ1n) is 8.14. The minimum Gasteiger partial charge on any atom is -0.504 e. The number of phenolic OH excluding ortho intramolecular Hbond substituents is 1. The summed E-state index contributed by atoms with van der Waals surface area (Å²) in [6.45, 7) is 0.286. The van der Waals surface area contributed by atoms with Crippen molar-refractivity contribution in [2.75, 3.05) is 14.2 Å². The molecule has 1 amide bonds. The number of carbonyl (C=O) groups is 1. The number of nitriles is 1. The van der Waals surface area contributed by atoms with Gasteiger partial charge >= 0.3 is 0 Å². The van der Waals surface area contributed by atoms with Gasteiger partial charge in [-0.15, -0.1) is 0 Å². The normalized spacial score (nSPS) is 11.1. The van der Waals surface area contributed by atoms with Crippen LogP contribution in [0.3, 0.4) is 0 Å². The molecule has 0 aliphatic heterocycles. The third kappa shape index (κ3) is 5.65. The maximum Gasteiger partial charge on any atom is 0.262 e. The number of nitrogens with zero attached hydrogens (tertiary/aromatic N) is 1. The van der Waals surface area contributed by atoms with Crippen molar-refractivity contribution >= 4 is 12.0 Å². The fourth-order valence-corrected chi connectivity index (χ4v) is 2.28. The molecule has 0 bridgehead atoms. The molecule has 0 aliphatic carbocycles. The molecular formula is C21H20N2O4. The topological polar surface area (TPSA) is 91.6 Å². The molecule has 0 saturated heterocycles. The lowest BCUT2D eigenvalue weighted by molar-refractivity contribution is -0.117. The maximum atomic E-state index is 12.2. The van der Waals surface area contributed by atoms with Crippen LogP contribution in [-0.4, -0.2) is 25.2 Å². The Bertz CT molecular complexity index is 911. The number of hydrogen-bond donors (Lipinski definition) is 2. The lowest BCUT2D eigenvalue weighted by Crippen LogP contribution is -2.23. The molecule has 0 spiro atoms. The van der Waals surface area contributed by atoms with Gasteiger partial charge < -0.3 is 19.9 Å². The molecule has 0 heterocycles. The molecule has 0 fully saturated rings. The van der Waals surface area contributed by atoms with E-state index >= 15 is 0 Å². The highest BCUT2D eigenvalue weighted by atomic mass is 16.5. The summed E-state index contributed by atoms with van der Waals surface area (Å²) in [6, 6.07) is 14.0. The van der Waals surface area contributed by atoms with Crippen LogP contribution in [0.4, 0.5) is 0 Å². The fraction of sp³-hybridized carbons (Fsp3) is 0.143. The first-order valence-corrected chi connectivity index (χ1v) is 8.14. The summed E-state index contributed by atoms with van der Waals surface area (Å²) in [4.78, 5) is 12.2. The van der Waals surface area contributed by atoms with Crippen LogP contribution >= 0.6 is 0 Å². The predicted octanol–water partition coefficient (Wildman–Crippen LogP) is 3.19. The Morgan fingerprint density at radius 3 is 2.74 bits per heavy atom. The summed E-state index contributed by atoms with van der Waals surface area (Å²) >= 11 is 0. The van der Waals surface area contributed by atoms with Crippen LogP contribution in [0.25, 0.3) is 6.08 Å². The summed E-state index contributed by atoms with van der Waals surface area (Å²) in [5.74, 6) is 0.621. The second-order valence-corrected chi connectivity index (χ2v) is 5.52. The van der Waals surface area contributed by atoms with Crippen LogP contribution in [0.1, 0.15) is 11.1 Å². The van der Waals surface area contributed by atoms with E-state index in [2.05, 4.69) is 5.32 Å². The highest BCUT2D eigenvalue weighted by Gasteiger charge is 2.07. The van der Waals surface area contributed by atoms with Crippen LogP contribution in [0.5, 0.6) is 17.2 Å². The van der Waals surface area contributed by atoms with Gasteiger partial charge in [0.15, 0.2) is 11.5 Å². The number of hydrogen-bond acceptors (Lipinski definition) is 5. The lowest BCUT2D eigenvalue weighted by Gasteiger charge is -2.06. The molecule has 0 aromatic heterocycles. The Morgan fingerprint density at radius 1 is 1.22 bits per heavy atom. The Morgan fingerprint density at radius 2 is 2.04 bits per heavy atom. The van der Waals surface area contributed by atoms with E-state index in [1.807, 2.05) is 30.3 Å². The quantitative estimate of drug-likeness (QED) is 0.447. The minimum absolute atomic E-state index is 0.0140. The van der Waals surface area contributed by atoms with Gasteiger partial charge in [-0.25, -0.2) is 0 Å². The first kappa shape index (κ1) is 19.6. The number of nitrogens with one attached hydrogen (secondary N) is 1. The largest absolute Gasteiger partial charge is 0.504 e. The third-order valence-electron chi connectivity index (χ3n) is 3.71. The van der Waals surface area contributed by atoms with Crippen molar-refractivity contribution in [1.29, 1.82) is 5.26 Å². The molecule has 2 N–H and O–H groups in total. The number of methoxy groups -OCH3 is 2. The average molecular weight is 364 g/mol. The van der Waals surface area contributed by atoms with Crippen molar-refractivity contribution in [2.24, 2.45) is 0 Å². The molecule has 138 valence electrons.